The van der Waals surface area contributed by atoms with E-state index in [0.29, 0.717) is 19.3 Å². The molecule has 0 aromatic heterocycles. The first-order chi connectivity index (χ1) is 33.7. The highest BCUT2D eigenvalue weighted by molar-refractivity contribution is 5.71. The second kappa shape index (κ2) is 55.7. The van der Waals surface area contributed by atoms with Gasteiger partial charge in [0.1, 0.15) is 13.2 Å². The predicted molar refractivity (Wildman–Crippen MR) is 298 cm³/mol. The summed E-state index contributed by atoms with van der Waals surface area (Å²) in [6.45, 7) is 11.4. The molecule has 0 saturated carbocycles. The Balaban J connectivity index is 4.16. The number of carbonyl (C=O) groups is 3. The predicted octanol–water partition coefficient (Wildman–Crippen LogP) is 20.8. The highest BCUT2D eigenvalue weighted by atomic mass is 16.6. The summed E-state index contributed by atoms with van der Waals surface area (Å²) in [5.41, 5.74) is 0. The van der Waals surface area contributed by atoms with Crippen molar-refractivity contribution in [1.82, 2.24) is 0 Å². The topological polar surface area (TPSA) is 78.9 Å². The maximum atomic E-state index is 12.9. The summed E-state index contributed by atoms with van der Waals surface area (Å²) < 4.78 is 16.9. The zero-order valence-electron chi connectivity index (χ0n) is 47.5. The number of esters is 3. The largest absolute Gasteiger partial charge is 0.462 e. The van der Waals surface area contributed by atoms with E-state index in [1.54, 1.807) is 0 Å². The molecular formula is C63H122O6. The van der Waals surface area contributed by atoms with Gasteiger partial charge in [-0.15, -0.1) is 0 Å². The highest BCUT2D eigenvalue weighted by Gasteiger charge is 2.19. The first-order valence-corrected chi connectivity index (χ1v) is 31.2. The number of hydrogen-bond donors (Lipinski definition) is 0. The van der Waals surface area contributed by atoms with Gasteiger partial charge in [-0.2, -0.15) is 0 Å². The van der Waals surface area contributed by atoms with Crippen LogP contribution in [0.1, 0.15) is 356 Å². The molecule has 1 atom stereocenters. The third-order valence-corrected chi connectivity index (χ3v) is 14.5. The van der Waals surface area contributed by atoms with E-state index >= 15 is 0 Å². The maximum absolute atomic E-state index is 12.9. The number of hydrogen-bond acceptors (Lipinski definition) is 6. The van der Waals surface area contributed by atoms with Crippen LogP contribution in [-0.2, 0) is 28.6 Å². The van der Waals surface area contributed by atoms with Gasteiger partial charge in [0.25, 0.3) is 0 Å². The number of ether oxygens (including phenoxy) is 3. The van der Waals surface area contributed by atoms with Crippen LogP contribution in [-0.4, -0.2) is 37.2 Å². The number of carbonyl (C=O) groups excluding carboxylic acids is 3. The van der Waals surface area contributed by atoms with Crippen LogP contribution in [0.25, 0.3) is 0 Å². The Kier molecular flexibility index (Phi) is 54.4. The third kappa shape index (κ3) is 57.2. The Labute approximate surface area is 431 Å². The van der Waals surface area contributed by atoms with Crippen LogP contribution in [0.5, 0.6) is 0 Å². The van der Waals surface area contributed by atoms with Gasteiger partial charge in [0.15, 0.2) is 6.10 Å². The fourth-order valence-electron chi connectivity index (χ4n) is 9.76. The Hall–Kier alpha value is -1.59. The molecule has 0 rings (SSSR count). The molecule has 69 heavy (non-hydrogen) atoms. The smallest absolute Gasteiger partial charge is 0.306 e. The molecule has 0 fully saturated rings. The first-order valence-electron chi connectivity index (χ1n) is 31.2. The van der Waals surface area contributed by atoms with Gasteiger partial charge in [-0.05, 0) is 31.1 Å². The van der Waals surface area contributed by atoms with Gasteiger partial charge in [-0.25, -0.2) is 0 Å². The fourth-order valence-corrected chi connectivity index (χ4v) is 9.76. The van der Waals surface area contributed by atoms with Gasteiger partial charge in [-0.3, -0.25) is 14.4 Å². The Morgan fingerprint density at radius 3 is 0.710 bits per heavy atom. The summed E-state index contributed by atoms with van der Waals surface area (Å²) in [6, 6.07) is 0. The lowest BCUT2D eigenvalue weighted by Gasteiger charge is -2.18. The summed E-state index contributed by atoms with van der Waals surface area (Å²) in [4.78, 5) is 38.1. The molecule has 6 nitrogen and oxygen atoms in total. The molecule has 0 aromatic rings. The molecule has 6 heteroatoms. The summed E-state index contributed by atoms with van der Waals surface area (Å²) in [5, 5.41) is 0. The Morgan fingerprint density at radius 2 is 0.478 bits per heavy atom. The molecule has 0 spiro atoms. The van der Waals surface area contributed by atoms with Crippen molar-refractivity contribution in [2.45, 2.75) is 362 Å². The van der Waals surface area contributed by atoms with Gasteiger partial charge < -0.3 is 14.2 Å². The molecule has 410 valence electrons. The molecule has 0 saturated heterocycles. The zero-order valence-corrected chi connectivity index (χ0v) is 47.5. The van der Waals surface area contributed by atoms with Crippen LogP contribution in [0, 0.1) is 11.8 Å². The minimum atomic E-state index is -0.762. The van der Waals surface area contributed by atoms with Crippen LogP contribution in [0.4, 0.5) is 0 Å². The van der Waals surface area contributed by atoms with Crippen molar-refractivity contribution in [3.63, 3.8) is 0 Å². The molecule has 0 N–H and O–H groups in total. The van der Waals surface area contributed by atoms with E-state index < -0.39 is 6.10 Å². The van der Waals surface area contributed by atoms with Gasteiger partial charge >= 0.3 is 17.9 Å². The second-order valence-corrected chi connectivity index (χ2v) is 22.6. The van der Waals surface area contributed by atoms with E-state index in [1.165, 1.54) is 244 Å². The maximum Gasteiger partial charge on any atom is 0.306 e. The quantitative estimate of drug-likeness (QED) is 0.0343. The zero-order chi connectivity index (χ0) is 50.4. The van der Waals surface area contributed by atoms with Crippen LogP contribution < -0.4 is 0 Å². The van der Waals surface area contributed by atoms with Gasteiger partial charge in [0, 0.05) is 19.3 Å². The second-order valence-electron chi connectivity index (χ2n) is 22.6. The molecule has 0 bridgehead atoms. The van der Waals surface area contributed by atoms with E-state index in [0.717, 1.165) is 69.6 Å². The van der Waals surface area contributed by atoms with Crippen molar-refractivity contribution in [1.29, 1.82) is 0 Å². The lowest BCUT2D eigenvalue weighted by Crippen LogP contribution is -2.30. The molecule has 0 aliphatic carbocycles. The third-order valence-electron chi connectivity index (χ3n) is 14.5. The van der Waals surface area contributed by atoms with Crippen molar-refractivity contribution in [3.8, 4) is 0 Å². The van der Waals surface area contributed by atoms with Crippen LogP contribution in [0.2, 0.25) is 0 Å². The van der Waals surface area contributed by atoms with E-state index in [4.69, 9.17) is 14.2 Å². The molecule has 0 aliphatic rings. The number of rotatable bonds is 57. The number of unbranched alkanes of at least 4 members (excludes halogenated alkanes) is 42. The van der Waals surface area contributed by atoms with Crippen molar-refractivity contribution >= 4 is 17.9 Å². The van der Waals surface area contributed by atoms with Gasteiger partial charge in [-0.1, -0.05) is 317 Å². The Bertz CT molecular complexity index is 1060. The van der Waals surface area contributed by atoms with Crippen LogP contribution in [0.3, 0.4) is 0 Å². The minimum Gasteiger partial charge on any atom is -0.462 e. The minimum absolute atomic E-state index is 0.0622. The van der Waals surface area contributed by atoms with Crippen LogP contribution >= 0.6 is 0 Å². The van der Waals surface area contributed by atoms with Gasteiger partial charge in [0.05, 0.1) is 0 Å². The average molecular weight is 976 g/mol. The molecule has 0 heterocycles. The van der Waals surface area contributed by atoms with Crippen molar-refractivity contribution in [3.05, 3.63) is 0 Å². The van der Waals surface area contributed by atoms with Crippen molar-refractivity contribution in [2.75, 3.05) is 13.2 Å². The monoisotopic (exact) mass is 975 g/mol. The molecule has 0 aromatic carbocycles. The molecule has 0 radical (unpaired) electrons. The average Bonchev–Trinajstić information content (AvgIpc) is 3.32. The van der Waals surface area contributed by atoms with Crippen molar-refractivity contribution < 1.29 is 28.6 Å². The van der Waals surface area contributed by atoms with E-state index in [2.05, 4.69) is 34.6 Å². The highest BCUT2D eigenvalue weighted by Crippen LogP contribution is 2.19. The SMILES string of the molecule is CCCCCCCCCCCC(=O)OC[C@@H](COC(=O)CCCCCCCCCCCCCCCCCCCCC(C)C)OC(=O)CCCCCCCCCCCCCCCCCCCCC(C)C. The van der Waals surface area contributed by atoms with E-state index in [-0.39, 0.29) is 31.1 Å². The standard InChI is InChI=1S/C63H122O6/c1-6-7-8-9-10-31-38-43-48-53-61(64)67-56-60(69-63(66)55-50-45-40-35-30-26-22-18-14-12-16-20-24-28-33-37-42-47-52-59(4)5)57-68-62(65)54-49-44-39-34-29-25-21-17-13-11-15-19-23-27-32-36-41-46-51-58(2)3/h58-60H,6-57H2,1-5H3/t60-/m0/s1. The van der Waals surface area contributed by atoms with Crippen molar-refractivity contribution in [2.24, 2.45) is 11.8 Å². The normalized spacial score (nSPS) is 12.0. The molecule has 0 amide bonds. The Morgan fingerprint density at radius 1 is 0.275 bits per heavy atom. The summed E-state index contributed by atoms with van der Waals surface area (Å²) in [6.07, 6.45) is 61.1. The molecule has 0 aliphatic heterocycles. The van der Waals surface area contributed by atoms with E-state index in [1.807, 2.05) is 0 Å². The molecular weight excluding hydrogens is 853 g/mol. The van der Waals surface area contributed by atoms with Crippen LogP contribution in [0.15, 0.2) is 0 Å². The fraction of sp³-hybridized carbons (Fsp3) is 0.952. The summed E-state index contributed by atoms with van der Waals surface area (Å²) >= 11 is 0. The lowest BCUT2D eigenvalue weighted by molar-refractivity contribution is -0.167. The van der Waals surface area contributed by atoms with Gasteiger partial charge in [0.2, 0.25) is 0 Å². The summed E-state index contributed by atoms with van der Waals surface area (Å²) in [7, 11) is 0. The lowest BCUT2D eigenvalue weighted by atomic mass is 10.0. The molecule has 0 unspecified atom stereocenters. The first kappa shape index (κ1) is 67.4. The van der Waals surface area contributed by atoms with E-state index in [9.17, 15) is 14.4 Å². The summed E-state index contributed by atoms with van der Waals surface area (Å²) in [5.74, 6) is 0.881.